The zero-order chi connectivity index (χ0) is 14.9. The van der Waals surface area contributed by atoms with Crippen LogP contribution < -0.4 is 10.1 Å². The van der Waals surface area contributed by atoms with Gasteiger partial charge in [0.15, 0.2) is 0 Å². The molecule has 6 nitrogen and oxygen atoms in total. The average Bonchev–Trinajstić information content (AvgIpc) is 2.55. The lowest BCUT2D eigenvalue weighted by atomic mass is 10.3. The quantitative estimate of drug-likeness (QED) is 0.621. The van der Waals surface area contributed by atoms with E-state index in [-0.39, 0.29) is 5.82 Å². The number of methoxy groups -OCH3 is 1. The van der Waals surface area contributed by atoms with Crippen molar-refractivity contribution in [3.05, 3.63) is 48.4 Å². The molecule has 0 bridgehead atoms. The largest absolute Gasteiger partial charge is 0.494 e. The van der Waals surface area contributed by atoms with E-state index >= 15 is 0 Å². The van der Waals surface area contributed by atoms with Gasteiger partial charge in [-0.1, -0.05) is 18.2 Å². The third kappa shape index (κ3) is 4.76. The van der Waals surface area contributed by atoms with Crippen LogP contribution in [0.25, 0.3) is 0 Å². The number of para-hydroxylation sites is 1. The first-order valence-electron chi connectivity index (χ1n) is 6.62. The van der Waals surface area contributed by atoms with Crippen molar-refractivity contribution in [1.29, 1.82) is 0 Å². The molecule has 0 aliphatic rings. The number of carbonyl (C=O) groups is 1. The highest BCUT2D eigenvalue weighted by Gasteiger charge is 2.08. The molecule has 1 N–H and O–H groups in total. The van der Waals surface area contributed by atoms with E-state index in [1.54, 1.807) is 6.07 Å². The van der Waals surface area contributed by atoms with Gasteiger partial charge in [0, 0.05) is 12.7 Å². The Morgan fingerprint density at radius 1 is 1.24 bits per heavy atom. The van der Waals surface area contributed by atoms with Crippen LogP contribution in [0.15, 0.2) is 42.6 Å². The maximum atomic E-state index is 11.3. The van der Waals surface area contributed by atoms with E-state index in [0.717, 1.165) is 12.2 Å². The van der Waals surface area contributed by atoms with Gasteiger partial charge < -0.3 is 14.8 Å². The van der Waals surface area contributed by atoms with Crippen LogP contribution >= 0.6 is 0 Å². The van der Waals surface area contributed by atoms with E-state index in [0.29, 0.717) is 19.0 Å². The summed E-state index contributed by atoms with van der Waals surface area (Å²) >= 11 is 0. The summed E-state index contributed by atoms with van der Waals surface area (Å²) in [4.78, 5) is 19.2. The Bertz CT molecular complexity index is 575. The number of nitrogens with one attached hydrogen (secondary N) is 1. The first kappa shape index (κ1) is 14.8. The predicted molar refractivity (Wildman–Crippen MR) is 78.4 cm³/mol. The summed E-state index contributed by atoms with van der Waals surface area (Å²) < 4.78 is 10.1. The lowest BCUT2D eigenvalue weighted by molar-refractivity contribution is 0.0587. The Hall–Kier alpha value is -2.63. The Morgan fingerprint density at radius 3 is 2.81 bits per heavy atom. The van der Waals surface area contributed by atoms with Crippen LogP contribution in [0.5, 0.6) is 5.75 Å². The van der Waals surface area contributed by atoms with Gasteiger partial charge in [-0.05, 0) is 24.6 Å². The number of esters is 1. The molecule has 0 radical (unpaired) electrons. The molecule has 0 aliphatic heterocycles. The number of hydrogen-bond donors (Lipinski definition) is 1. The van der Waals surface area contributed by atoms with Crippen LogP contribution in [0.4, 0.5) is 5.82 Å². The fourth-order valence-corrected chi connectivity index (χ4v) is 1.64. The van der Waals surface area contributed by atoms with Crippen LogP contribution in [-0.2, 0) is 4.74 Å². The second-order valence-corrected chi connectivity index (χ2v) is 4.20. The van der Waals surface area contributed by atoms with Gasteiger partial charge in [0.05, 0.1) is 13.7 Å². The van der Waals surface area contributed by atoms with E-state index in [2.05, 4.69) is 20.0 Å². The lowest BCUT2D eigenvalue weighted by Gasteiger charge is -2.08. The molecule has 1 heterocycles. The summed E-state index contributed by atoms with van der Waals surface area (Å²) in [5.74, 6) is 0.937. The number of hydrogen-bond acceptors (Lipinski definition) is 6. The van der Waals surface area contributed by atoms with Crippen molar-refractivity contribution in [2.45, 2.75) is 6.42 Å². The summed E-state index contributed by atoms with van der Waals surface area (Å²) in [7, 11) is 1.30. The fraction of sp³-hybridized carbons (Fsp3) is 0.267. The minimum atomic E-state index is -0.550. The number of aromatic nitrogens is 2. The molecule has 2 rings (SSSR count). The van der Waals surface area contributed by atoms with Gasteiger partial charge in [-0.25, -0.2) is 14.8 Å². The minimum absolute atomic E-state index is 0.0445. The Balaban J connectivity index is 1.72. The van der Waals surface area contributed by atoms with Gasteiger partial charge in [0.1, 0.15) is 11.6 Å². The standard InChI is InChI=1S/C15H17N3O3/c1-20-15(19)14-17-10-8-13(18-14)16-9-5-11-21-12-6-3-2-4-7-12/h2-4,6-8,10H,5,9,11H2,1H3,(H,16,17,18). The van der Waals surface area contributed by atoms with Crippen molar-refractivity contribution in [1.82, 2.24) is 9.97 Å². The van der Waals surface area contributed by atoms with Crippen LogP contribution in [-0.4, -0.2) is 36.2 Å². The molecule has 1 aromatic carbocycles. The van der Waals surface area contributed by atoms with Gasteiger partial charge in [0.25, 0.3) is 0 Å². The molecule has 0 fully saturated rings. The number of anilines is 1. The van der Waals surface area contributed by atoms with Crippen molar-refractivity contribution in [3.63, 3.8) is 0 Å². The normalized spacial score (nSPS) is 9.95. The fourth-order valence-electron chi connectivity index (χ4n) is 1.64. The number of nitrogens with zero attached hydrogens (tertiary/aromatic N) is 2. The molecule has 2 aromatic rings. The third-order valence-electron chi connectivity index (χ3n) is 2.66. The third-order valence-corrected chi connectivity index (χ3v) is 2.66. The molecule has 21 heavy (non-hydrogen) atoms. The number of rotatable bonds is 7. The molecule has 0 spiro atoms. The maximum Gasteiger partial charge on any atom is 0.376 e. The first-order valence-corrected chi connectivity index (χ1v) is 6.62. The first-order chi connectivity index (χ1) is 10.3. The Morgan fingerprint density at radius 2 is 2.05 bits per heavy atom. The summed E-state index contributed by atoms with van der Waals surface area (Å²) in [6, 6.07) is 11.3. The molecule has 0 saturated carbocycles. The van der Waals surface area contributed by atoms with Gasteiger partial charge in [-0.3, -0.25) is 0 Å². The molecule has 0 amide bonds. The number of carbonyl (C=O) groups excluding carboxylic acids is 1. The Kier molecular flexibility index (Phi) is 5.51. The van der Waals surface area contributed by atoms with Crippen LogP contribution in [0.2, 0.25) is 0 Å². The highest BCUT2D eigenvalue weighted by molar-refractivity contribution is 5.85. The van der Waals surface area contributed by atoms with Gasteiger partial charge in [0.2, 0.25) is 5.82 Å². The zero-order valence-corrected chi connectivity index (χ0v) is 11.8. The molecule has 0 aliphatic carbocycles. The monoisotopic (exact) mass is 287 g/mol. The van der Waals surface area contributed by atoms with E-state index in [9.17, 15) is 4.79 Å². The maximum absolute atomic E-state index is 11.3. The van der Waals surface area contributed by atoms with Gasteiger partial charge in [-0.2, -0.15) is 0 Å². The van der Waals surface area contributed by atoms with Crippen LogP contribution in [0, 0.1) is 0 Å². The summed E-state index contributed by atoms with van der Waals surface area (Å²) in [6.07, 6.45) is 2.33. The summed E-state index contributed by atoms with van der Waals surface area (Å²) in [5, 5.41) is 3.11. The molecule has 1 aromatic heterocycles. The van der Waals surface area contributed by atoms with Crippen molar-refractivity contribution in [3.8, 4) is 5.75 Å². The summed E-state index contributed by atoms with van der Waals surface area (Å²) in [6.45, 7) is 1.29. The number of benzene rings is 1. The molecule has 110 valence electrons. The van der Waals surface area contributed by atoms with E-state index in [1.165, 1.54) is 13.3 Å². The second kappa shape index (κ2) is 7.84. The molecule has 0 unspecified atom stereocenters. The van der Waals surface area contributed by atoms with Crippen molar-refractivity contribution in [2.75, 3.05) is 25.6 Å². The zero-order valence-electron chi connectivity index (χ0n) is 11.8. The predicted octanol–water partition coefficient (Wildman–Crippen LogP) is 2.14. The lowest BCUT2D eigenvalue weighted by Crippen LogP contribution is -2.12. The second-order valence-electron chi connectivity index (χ2n) is 4.20. The van der Waals surface area contributed by atoms with Crippen molar-refractivity contribution >= 4 is 11.8 Å². The Labute approximate surface area is 123 Å². The van der Waals surface area contributed by atoms with Crippen LogP contribution in [0.3, 0.4) is 0 Å². The van der Waals surface area contributed by atoms with Crippen molar-refractivity contribution in [2.24, 2.45) is 0 Å². The molecular weight excluding hydrogens is 270 g/mol. The smallest absolute Gasteiger partial charge is 0.376 e. The minimum Gasteiger partial charge on any atom is -0.494 e. The highest BCUT2D eigenvalue weighted by atomic mass is 16.5. The van der Waals surface area contributed by atoms with Gasteiger partial charge in [-0.15, -0.1) is 0 Å². The topological polar surface area (TPSA) is 73.3 Å². The van der Waals surface area contributed by atoms with Crippen LogP contribution in [0.1, 0.15) is 17.0 Å². The molecule has 0 atom stereocenters. The molecule has 0 saturated heterocycles. The summed E-state index contributed by atoms with van der Waals surface area (Å²) in [5.41, 5.74) is 0. The van der Waals surface area contributed by atoms with Crippen molar-refractivity contribution < 1.29 is 14.3 Å². The molecular formula is C15H17N3O3. The van der Waals surface area contributed by atoms with E-state index in [4.69, 9.17) is 4.74 Å². The van der Waals surface area contributed by atoms with E-state index < -0.39 is 5.97 Å². The van der Waals surface area contributed by atoms with Gasteiger partial charge >= 0.3 is 5.97 Å². The van der Waals surface area contributed by atoms with E-state index in [1.807, 2.05) is 30.3 Å². The highest BCUT2D eigenvalue weighted by Crippen LogP contribution is 2.08. The molecule has 6 heteroatoms. The number of ether oxygens (including phenoxy) is 2. The SMILES string of the molecule is COC(=O)c1nccc(NCCCOc2ccccc2)n1. The average molecular weight is 287 g/mol.